The number of hydrogen-bond donors (Lipinski definition) is 0. The van der Waals surface area contributed by atoms with Crippen LogP contribution in [0, 0.1) is 0 Å². The molecular weight excluding hydrogens is 336 g/mol. The van der Waals surface area contributed by atoms with Crippen molar-refractivity contribution in [2.75, 3.05) is 0 Å². The van der Waals surface area contributed by atoms with Crippen LogP contribution in [0.4, 0.5) is 0 Å². The number of benzene rings is 2. The predicted molar refractivity (Wildman–Crippen MR) is 97.4 cm³/mol. The van der Waals surface area contributed by atoms with Gasteiger partial charge in [-0.3, -0.25) is 9.59 Å². The van der Waals surface area contributed by atoms with Gasteiger partial charge in [0.15, 0.2) is 11.6 Å². The van der Waals surface area contributed by atoms with Gasteiger partial charge in [0.05, 0.1) is 0 Å². The molecule has 2 aliphatic carbocycles. The fourth-order valence-electron chi connectivity index (χ4n) is 3.94. The lowest BCUT2D eigenvalue weighted by Gasteiger charge is -2.23. The molecule has 0 atom stereocenters. The molecule has 112 valence electrons. The van der Waals surface area contributed by atoms with Crippen LogP contribution in [0.1, 0.15) is 31.8 Å². The summed E-state index contributed by atoms with van der Waals surface area (Å²) in [6.07, 6.45) is 0. The number of thiophene rings is 2. The second kappa shape index (κ2) is 4.09. The van der Waals surface area contributed by atoms with Gasteiger partial charge in [-0.05, 0) is 35.0 Å². The van der Waals surface area contributed by atoms with Gasteiger partial charge in [-0.25, -0.2) is 0 Å². The smallest absolute Gasteiger partial charge is 0.195 e. The predicted octanol–water partition coefficient (Wildman–Crippen LogP) is 5.39. The summed E-state index contributed by atoms with van der Waals surface area (Å²) in [6, 6.07) is 11.6. The number of fused-ring (bicyclic) bond motifs is 4. The molecule has 2 nitrogen and oxygen atoms in total. The summed E-state index contributed by atoms with van der Waals surface area (Å²) in [6.45, 7) is 0. The van der Waals surface area contributed by atoms with E-state index < -0.39 is 0 Å². The molecule has 4 heteroatoms. The van der Waals surface area contributed by atoms with Gasteiger partial charge in [-0.15, -0.1) is 22.7 Å². The summed E-state index contributed by atoms with van der Waals surface area (Å²) in [4.78, 5) is 27.8. The largest absolute Gasteiger partial charge is 0.289 e. The molecule has 24 heavy (non-hydrogen) atoms. The fourth-order valence-corrected chi connectivity index (χ4v) is 5.79. The van der Waals surface area contributed by atoms with E-state index in [2.05, 4.69) is 0 Å². The maximum absolute atomic E-state index is 12.9. The SMILES string of the molecule is O=C1c2ccsc2-c2ccc3c4c(ccc1c24)-c1sccc1C3=O. The zero-order valence-corrected chi connectivity index (χ0v) is 13.9. The van der Waals surface area contributed by atoms with Gasteiger partial charge < -0.3 is 0 Å². The Bertz CT molecular complexity index is 1140. The van der Waals surface area contributed by atoms with Crippen LogP contribution in [0.25, 0.3) is 31.7 Å². The number of carbonyl (C=O) groups excluding carboxylic acids is 2. The Morgan fingerprint density at radius 3 is 1.38 bits per heavy atom. The van der Waals surface area contributed by atoms with Crippen LogP contribution in [0.3, 0.4) is 0 Å². The van der Waals surface area contributed by atoms with E-state index in [1.165, 1.54) is 0 Å². The first-order valence-electron chi connectivity index (χ1n) is 7.60. The lowest BCUT2D eigenvalue weighted by molar-refractivity contribution is 0.103. The Hall–Kier alpha value is -2.56. The van der Waals surface area contributed by atoms with Crippen LogP contribution < -0.4 is 0 Å². The van der Waals surface area contributed by atoms with Crippen molar-refractivity contribution >= 4 is 45.0 Å². The average Bonchev–Trinajstić information content (AvgIpc) is 3.27. The molecule has 0 saturated heterocycles. The molecule has 0 aliphatic heterocycles. The zero-order valence-electron chi connectivity index (χ0n) is 12.3. The van der Waals surface area contributed by atoms with Crippen LogP contribution in [0.5, 0.6) is 0 Å². The van der Waals surface area contributed by atoms with Crippen molar-refractivity contribution in [3.05, 3.63) is 69.4 Å². The van der Waals surface area contributed by atoms with Gasteiger partial charge in [-0.1, -0.05) is 12.1 Å². The summed E-state index contributed by atoms with van der Waals surface area (Å²) < 4.78 is 0. The van der Waals surface area contributed by atoms with Gasteiger partial charge in [0, 0.05) is 53.9 Å². The Morgan fingerprint density at radius 1 is 0.500 bits per heavy atom. The third-order valence-electron chi connectivity index (χ3n) is 4.96. The molecule has 2 aromatic heterocycles. The minimum Gasteiger partial charge on any atom is -0.289 e. The van der Waals surface area contributed by atoms with Gasteiger partial charge in [-0.2, -0.15) is 0 Å². The van der Waals surface area contributed by atoms with E-state index in [-0.39, 0.29) is 11.6 Å². The molecule has 6 rings (SSSR count). The van der Waals surface area contributed by atoms with Crippen LogP contribution >= 0.6 is 22.7 Å². The molecule has 4 aromatic rings. The highest BCUT2D eigenvalue weighted by Gasteiger charge is 2.33. The molecule has 0 amide bonds. The van der Waals surface area contributed by atoms with E-state index >= 15 is 0 Å². The van der Waals surface area contributed by atoms with Gasteiger partial charge in [0.2, 0.25) is 0 Å². The maximum Gasteiger partial charge on any atom is 0.195 e. The summed E-state index contributed by atoms with van der Waals surface area (Å²) in [7, 11) is 0. The molecule has 0 bridgehead atoms. The van der Waals surface area contributed by atoms with E-state index in [9.17, 15) is 9.59 Å². The van der Waals surface area contributed by atoms with Gasteiger partial charge in [0.25, 0.3) is 0 Å². The minimum absolute atomic E-state index is 0.0619. The number of rotatable bonds is 0. The molecule has 2 aliphatic rings. The summed E-state index contributed by atoms with van der Waals surface area (Å²) in [5.74, 6) is 0.124. The highest BCUT2D eigenvalue weighted by Crippen LogP contribution is 2.49. The van der Waals surface area contributed by atoms with Crippen molar-refractivity contribution in [2.24, 2.45) is 0 Å². The quantitative estimate of drug-likeness (QED) is 0.370. The lowest BCUT2D eigenvalue weighted by atomic mass is 9.80. The summed E-state index contributed by atoms with van der Waals surface area (Å²) in [5, 5.41) is 5.81. The monoisotopic (exact) mass is 344 g/mol. The van der Waals surface area contributed by atoms with Gasteiger partial charge >= 0.3 is 0 Å². The third-order valence-corrected chi connectivity index (χ3v) is 6.85. The van der Waals surface area contributed by atoms with Crippen molar-refractivity contribution in [1.82, 2.24) is 0 Å². The Balaban J connectivity index is 1.89. The maximum atomic E-state index is 12.9. The minimum atomic E-state index is 0.0619. The molecule has 0 radical (unpaired) electrons. The fraction of sp³-hybridized carbons (Fsp3) is 0. The topological polar surface area (TPSA) is 34.1 Å². The molecule has 0 saturated carbocycles. The van der Waals surface area contributed by atoms with Crippen molar-refractivity contribution in [3.8, 4) is 20.9 Å². The Morgan fingerprint density at radius 2 is 0.917 bits per heavy atom. The van der Waals surface area contributed by atoms with Crippen molar-refractivity contribution in [1.29, 1.82) is 0 Å². The second-order valence-electron chi connectivity index (χ2n) is 6.06. The molecule has 0 unspecified atom stereocenters. The second-order valence-corrected chi connectivity index (χ2v) is 7.89. The Kier molecular flexibility index (Phi) is 2.19. The highest BCUT2D eigenvalue weighted by molar-refractivity contribution is 7.14. The van der Waals surface area contributed by atoms with Crippen molar-refractivity contribution in [2.45, 2.75) is 0 Å². The number of hydrogen-bond acceptors (Lipinski definition) is 4. The van der Waals surface area contributed by atoms with Crippen molar-refractivity contribution in [3.63, 3.8) is 0 Å². The third kappa shape index (κ3) is 1.30. The van der Waals surface area contributed by atoms with Crippen LogP contribution in [0.15, 0.2) is 47.2 Å². The summed E-state index contributed by atoms with van der Waals surface area (Å²) >= 11 is 3.18. The molecule has 0 spiro atoms. The van der Waals surface area contributed by atoms with E-state index in [1.807, 2.05) is 47.2 Å². The van der Waals surface area contributed by atoms with Crippen LogP contribution in [0.2, 0.25) is 0 Å². The number of carbonyl (C=O) groups is 2. The standard InChI is InChI=1S/C20H8O2S2/c21-17-9-1-3-11-16-10(18(22)14-6-8-23-19(11)14)2-4-12(15(9)16)20-13(17)5-7-24-20/h1-8H. The summed E-state index contributed by atoms with van der Waals surface area (Å²) in [5.41, 5.74) is 5.11. The van der Waals surface area contributed by atoms with Crippen LogP contribution in [-0.4, -0.2) is 11.6 Å². The molecule has 0 N–H and O–H groups in total. The molecule has 0 fully saturated rings. The van der Waals surface area contributed by atoms with Crippen molar-refractivity contribution < 1.29 is 9.59 Å². The molecule has 2 heterocycles. The zero-order chi connectivity index (χ0) is 16.0. The first-order chi connectivity index (χ1) is 11.8. The normalized spacial score (nSPS) is 14.0. The van der Waals surface area contributed by atoms with E-state index in [0.29, 0.717) is 11.1 Å². The first kappa shape index (κ1) is 12.8. The highest BCUT2D eigenvalue weighted by atomic mass is 32.1. The lowest BCUT2D eigenvalue weighted by Crippen LogP contribution is -2.13. The van der Waals surface area contributed by atoms with Gasteiger partial charge in [0.1, 0.15) is 0 Å². The Labute approximate surface area is 145 Å². The van der Waals surface area contributed by atoms with E-state index in [1.54, 1.807) is 22.7 Å². The van der Waals surface area contributed by atoms with E-state index in [0.717, 1.165) is 42.8 Å². The van der Waals surface area contributed by atoms with Crippen LogP contribution in [-0.2, 0) is 0 Å². The number of ketones is 2. The van der Waals surface area contributed by atoms with E-state index in [4.69, 9.17) is 0 Å². The average molecular weight is 344 g/mol. The molecule has 2 aromatic carbocycles. The molecular formula is C20H8O2S2. The first-order valence-corrected chi connectivity index (χ1v) is 9.36.